The Morgan fingerprint density at radius 1 is 1.50 bits per heavy atom. The molecule has 0 aliphatic carbocycles. The van der Waals surface area contributed by atoms with Gasteiger partial charge in [0.1, 0.15) is 5.78 Å². The summed E-state index contributed by atoms with van der Waals surface area (Å²) < 4.78 is 0. The average molecular weight is 145 g/mol. The predicted octanol–water partition coefficient (Wildman–Crippen LogP) is 1.02. The van der Waals surface area contributed by atoms with Crippen LogP contribution in [-0.4, -0.2) is 17.3 Å². The fourth-order valence-electron chi connectivity index (χ4n) is 0.615. The normalized spacial score (nSPS) is 9.30. The summed E-state index contributed by atoms with van der Waals surface area (Å²) in [6.45, 7) is 1.47. The number of carbonyl (C=O) groups excluding carboxylic acids is 1. The van der Waals surface area contributed by atoms with Crippen LogP contribution >= 0.6 is 0 Å². The second-order valence-corrected chi connectivity index (χ2v) is 2.22. The third kappa shape index (κ3) is 7.07. The highest BCUT2D eigenvalue weighted by Crippen LogP contribution is 1.95. The molecule has 0 aliphatic rings. The van der Waals surface area contributed by atoms with Gasteiger partial charge in [0.25, 0.3) is 0 Å². The molecule has 0 saturated carbocycles. The van der Waals surface area contributed by atoms with E-state index in [-0.39, 0.29) is 17.3 Å². The van der Waals surface area contributed by atoms with Crippen LogP contribution in [0, 0.1) is 10.1 Å². The summed E-state index contributed by atoms with van der Waals surface area (Å²) in [5.74, 6) is 0.100. The Balaban J connectivity index is 3.06. The summed E-state index contributed by atoms with van der Waals surface area (Å²) in [6.07, 6.45) is 1.61. The van der Waals surface area contributed by atoms with Gasteiger partial charge in [-0.3, -0.25) is 10.1 Å². The van der Waals surface area contributed by atoms with Crippen molar-refractivity contribution in [1.29, 1.82) is 0 Å². The van der Waals surface area contributed by atoms with E-state index in [1.165, 1.54) is 6.92 Å². The molecule has 4 nitrogen and oxygen atoms in total. The molecule has 0 N–H and O–H groups in total. The van der Waals surface area contributed by atoms with Crippen LogP contribution < -0.4 is 0 Å². The van der Waals surface area contributed by atoms with E-state index in [0.29, 0.717) is 19.3 Å². The maximum absolute atomic E-state index is 10.3. The Kier molecular flexibility index (Phi) is 4.45. The third-order valence-electron chi connectivity index (χ3n) is 1.12. The Morgan fingerprint density at radius 2 is 2.10 bits per heavy atom. The minimum atomic E-state index is -0.361. The van der Waals surface area contributed by atoms with Gasteiger partial charge in [-0.2, -0.15) is 0 Å². The van der Waals surface area contributed by atoms with Crippen molar-refractivity contribution in [3.8, 4) is 0 Å². The quantitative estimate of drug-likeness (QED) is 0.329. The highest BCUT2D eigenvalue weighted by atomic mass is 16.6. The number of Topliss-reactive ketones (excluding diaryl/α,β-unsaturated/α-hetero) is 1. The van der Waals surface area contributed by atoms with Gasteiger partial charge in [0, 0.05) is 17.8 Å². The molecule has 0 bridgehead atoms. The minimum Gasteiger partial charge on any atom is -0.300 e. The first-order valence-corrected chi connectivity index (χ1v) is 3.24. The first-order valence-electron chi connectivity index (χ1n) is 3.24. The molecule has 10 heavy (non-hydrogen) atoms. The summed E-state index contributed by atoms with van der Waals surface area (Å²) in [4.78, 5) is 19.7. The van der Waals surface area contributed by atoms with E-state index in [2.05, 4.69) is 0 Å². The predicted molar refractivity (Wildman–Crippen MR) is 36.4 cm³/mol. The van der Waals surface area contributed by atoms with Crippen molar-refractivity contribution < 1.29 is 9.72 Å². The molecule has 0 aromatic rings. The summed E-state index contributed by atoms with van der Waals surface area (Å²) in [6, 6.07) is 0. The topological polar surface area (TPSA) is 60.2 Å². The molecule has 0 aliphatic heterocycles. The molecule has 0 rings (SSSR count). The maximum Gasteiger partial charge on any atom is 0.203 e. The van der Waals surface area contributed by atoms with Gasteiger partial charge in [-0.05, 0) is 13.3 Å². The highest BCUT2D eigenvalue weighted by Gasteiger charge is 1.97. The largest absolute Gasteiger partial charge is 0.300 e. The van der Waals surface area contributed by atoms with Gasteiger partial charge in [0.15, 0.2) is 0 Å². The Bertz CT molecular complexity index is 117. The van der Waals surface area contributed by atoms with Crippen molar-refractivity contribution in [2.24, 2.45) is 0 Å². The van der Waals surface area contributed by atoms with E-state index >= 15 is 0 Å². The third-order valence-corrected chi connectivity index (χ3v) is 1.12. The van der Waals surface area contributed by atoms with Crippen LogP contribution in [0.15, 0.2) is 0 Å². The van der Waals surface area contributed by atoms with Gasteiger partial charge >= 0.3 is 0 Å². The van der Waals surface area contributed by atoms with Gasteiger partial charge in [0.2, 0.25) is 6.54 Å². The summed E-state index contributed by atoms with van der Waals surface area (Å²) in [5, 5.41) is 9.76. The van der Waals surface area contributed by atoms with E-state index in [1.807, 2.05) is 0 Å². The van der Waals surface area contributed by atoms with Gasteiger partial charge in [0.05, 0.1) is 0 Å². The molecule has 0 atom stereocenters. The zero-order valence-corrected chi connectivity index (χ0v) is 6.00. The smallest absolute Gasteiger partial charge is 0.203 e. The monoisotopic (exact) mass is 145 g/mol. The number of rotatable bonds is 5. The molecule has 0 aromatic carbocycles. The number of nitrogens with zero attached hydrogens (tertiary/aromatic N) is 1. The molecule has 0 heterocycles. The van der Waals surface area contributed by atoms with Crippen LogP contribution in [0.3, 0.4) is 0 Å². The van der Waals surface area contributed by atoms with Crippen LogP contribution in [0.1, 0.15) is 26.2 Å². The van der Waals surface area contributed by atoms with E-state index in [1.54, 1.807) is 0 Å². The van der Waals surface area contributed by atoms with Crippen molar-refractivity contribution in [2.45, 2.75) is 26.2 Å². The standard InChI is InChI=1S/C6H11NO3/c1-6(8)4-2-3-5-7(9)10/h2-5H2,1H3. The lowest BCUT2D eigenvalue weighted by Crippen LogP contribution is -2.01. The molecule has 0 spiro atoms. The molecule has 0 saturated heterocycles. The van der Waals surface area contributed by atoms with Gasteiger partial charge in [-0.25, -0.2) is 0 Å². The van der Waals surface area contributed by atoms with E-state index < -0.39 is 0 Å². The number of nitro groups is 1. The van der Waals surface area contributed by atoms with E-state index in [0.717, 1.165) is 0 Å². The Hall–Kier alpha value is -0.930. The first-order chi connectivity index (χ1) is 4.63. The molecular weight excluding hydrogens is 134 g/mol. The van der Waals surface area contributed by atoms with Crippen molar-refractivity contribution in [3.63, 3.8) is 0 Å². The molecule has 0 amide bonds. The lowest BCUT2D eigenvalue weighted by Gasteiger charge is -1.91. The number of hydrogen-bond donors (Lipinski definition) is 0. The summed E-state index contributed by atoms with van der Waals surface area (Å²) in [5.41, 5.74) is 0. The van der Waals surface area contributed by atoms with Crippen LogP contribution in [0.2, 0.25) is 0 Å². The van der Waals surface area contributed by atoms with Crippen LogP contribution in [-0.2, 0) is 4.79 Å². The van der Waals surface area contributed by atoms with Crippen molar-refractivity contribution >= 4 is 5.78 Å². The van der Waals surface area contributed by atoms with E-state index in [9.17, 15) is 14.9 Å². The van der Waals surface area contributed by atoms with Crippen molar-refractivity contribution in [3.05, 3.63) is 10.1 Å². The van der Waals surface area contributed by atoms with Gasteiger partial charge in [-0.1, -0.05) is 0 Å². The zero-order chi connectivity index (χ0) is 7.98. The van der Waals surface area contributed by atoms with E-state index in [4.69, 9.17) is 0 Å². The van der Waals surface area contributed by atoms with Crippen molar-refractivity contribution in [1.82, 2.24) is 0 Å². The minimum absolute atomic E-state index is 0.0206. The average Bonchev–Trinajstić information content (AvgIpc) is 1.79. The van der Waals surface area contributed by atoms with Crippen LogP contribution in [0.4, 0.5) is 0 Å². The Labute approximate surface area is 59.4 Å². The number of carbonyl (C=O) groups is 1. The zero-order valence-electron chi connectivity index (χ0n) is 6.00. The molecule has 0 aromatic heterocycles. The number of hydrogen-bond acceptors (Lipinski definition) is 3. The van der Waals surface area contributed by atoms with Crippen LogP contribution in [0.25, 0.3) is 0 Å². The summed E-state index contributed by atoms with van der Waals surface area (Å²) in [7, 11) is 0. The van der Waals surface area contributed by atoms with Gasteiger partial charge in [-0.15, -0.1) is 0 Å². The molecule has 0 radical (unpaired) electrons. The number of ketones is 1. The molecule has 0 fully saturated rings. The fraction of sp³-hybridized carbons (Fsp3) is 0.833. The molecule has 0 unspecified atom stereocenters. The second-order valence-electron chi connectivity index (χ2n) is 2.22. The Morgan fingerprint density at radius 3 is 2.50 bits per heavy atom. The fourth-order valence-corrected chi connectivity index (χ4v) is 0.615. The number of unbranched alkanes of at least 4 members (excludes halogenated alkanes) is 1. The second kappa shape index (κ2) is 4.90. The molecule has 4 heteroatoms. The van der Waals surface area contributed by atoms with Crippen LogP contribution in [0.5, 0.6) is 0 Å². The molecular formula is C6H11NO3. The first kappa shape index (κ1) is 9.07. The maximum atomic E-state index is 10.3. The van der Waals surface area contributed by atoms with Gasteiger partial charge < -0.3 is 4.79 Å². The summed E-state index contributed by atoms with van der Waals surface area (Å²) >= 11 is 0. The molecule has 58 valence electrons. The lowest BCUT2D eigenvalue weighted by atomic mass is 10.2. The van der Waals surface area contributed by atoms with Crippen molar-refractivity contribution in [2.75, 3.05) is 6.54 Å². The lowest BCUT2D eigenvalue weighted by molar-refractivity contribution is -0.480. The SMILES string of the molecule is CC(=O)CCCC[N+](=O)[O-]. The highest BCUT2D eigenvalue weighted by molar-refractivity contribution is 5.75.